The maximum atomic E-state index is 15.1. The molecular weight excluding hydrogens is 369 g/mol. The number of aryl methyl sites for hydroxylation is 1. The Bertz CT molecular complexity index is 1070. The van der Waals surface area contributed by atoms with Gasteiger partial charge in [-0.15, -0.1) is 0 Å². The molecule has 3 aromatic rings. The zero-order chi connectivity index (χ0) is 19.4. The highest BCUT2D eigenvalue weighted by molar-refractivity contribution is 6.30. The summed E-state index contributed by atoms with van der Waals surface area (Å²) < 4.78 is 20.9. The molecule has 0 amide bonds. The molecule has 1 N–H and O–H groups in total. The van der Waals surface area contributed by atoms with Crippen molar-refractivity contribution >= 4 is 11.6 Å². The van der Waals surface area contributed by atoms with Crippen LogP contribution in [0.15, 0.2) is 47.3 Å². The average Bonchev–Trinajstić information content (AvgIpc) is 2.66. The minimum absolute atomic E-state index is 0.0885. The van der Waals surface area contributed by atoms with Crippen molar-refractivity contribution in [3.8, 4) is 17.6 Å². The van der Waals surface area contributed by atoms with Crippen molar-refractivity contribution in [1.82, 2.24) is 10.2 Å². The van der Waals surface area contributed by atoms with E-state index in [1.807, 2.05) is 13.0 Å². The van der Waals surface area contributed by atoms with Crippen molar-refractivity contribution in [2.45, 2.75) is 19.8 Å². The molecular formula is C20H15ClFN3O2. The van der Waals surface area contributed by atoms with E-state index in [-0.39, 0.29) is 23.5 Å². The molecule has 0 saturated carbocycles. The zero-order valence-corrected chi connectivity index (χ0v) is 15.2. The van der Waals surface area contributed by atoms with Gasteiger partial charge in [-0.05, 0) is 41.8 Å². The maximum Gasteiger partial charge on any atom is 0.264 e. The second-order valence-electron chi connectivity index (χ2n) is 5.86. The van der Waals surface area contributed by atoms with E-state index in [1.165, 1.54) is 24.3 Å². The number of nitrogens with one attached hydrogen (secondary N) is 1. The average molecular weight is 384 g/mol. The van der Waals surface area contributed by atoms with Gasteiger partial charge in [-0.3, -0.25) is 4.79 Å². The Hall–Kier alpha value is -3.17. The molecule has 0 aliphatic rings. The minimum atomic E-state index is -0.513. The number of rotatable bonds is 5. The third-order valence-corrected chi connectivity index (χ3v) is 4.19. The van der Waals surface area contributed by atoms with Crippen LogP contribution in [-0.4, -0.2) is 10.2 Å². The molecule has 0 fully saturated rings. The fourth-order valence-corrected chi connectivity index (χ4v) is 2.86. The second-order valence-corrected chi connectivity index (χ2v) is 6.30. The van der Waals surface area contributed by atoms with E-state index in [4.69, 9.17) is 21.6 Å². The van der Waals surface area contributed by atoms with Crippen LogP contribution in [0.1, 0.15) is 29.3 Å². The molecule has 0 aliphatic carbocycles. The Morgan fingerprint density at radius 1 is 1.22 bits per heavy atom. The van der Waals surface area contributed by atoms with Crippen molar-refractivity contribution < 1.29 is 9.13 Å². The normalized spacial score (nSPS) is 10.4. The van der Waals surface area contributed by atoms with E-state index in [2.05, 4.69) is 10.2 Å². The zero-order valence-electron chi connectivity index (χ0n) is 14.4. The fourth-order valence-electron chi connectivity index (χ4n) is 2.63. The summed E-state index contributed by atoms with van der Waals surface area (Å²) in [5.74, 6) is -0.140. The predicted molar refractivity (Wildman–Crippen MR) is 99.7 cm³/mol. The molecule has 7 heteroatoms. The van der Waals surface area contributed by atoms with E-state index < -0.39 is 5.82 Å². The molecule has 1 aromatic heterocycles. The largest absolute Gasteiger partial charge is 0.454 e. The number of H-pyrrole nitrogens is 1. The van der Waals surface area contributed by atoms with Crippen molar-refractivity contribution in [3.05, 3.63) is 86.0 Å². The van der Waals surface area contributed by atoms with E-state index in [9.17, 15) is 4.79 Å². The van der Waals surface area contributed by atoms with E-state index in [0.29, 0.717) is 33.8 Å². The number of nitrogens with zero attached hydrogens (tertiary/aromatic N) is 2. The van der Waals surface area contributed by atoms with Crippen LogP contribution in [-0.2, 0) is 12.8 Å². The summed E-state index contributed by atoms with van der Waals surface area (Å²) in [6.45, 7) is 1.89. The van der Waals surface area contributed by atoms with Crippen LogP contribution in [0.5, 0.6) is 11.5 Å². The number of halogens is 2. The number of aromatic amines is 1. The summed E-state index contributed by atoms with van der Waals surface area (Å²) in [6, 6.07) is 12.9. The molecule has 5 nitrogen and oxygen atoms in total. The molecule has 136 valence electrons. The summed E-state index contributed by atoms with van der Waals surface area (Å²) in [6.07, 6.45) is 0.761. The Balaban J connectivity index is 1.98. The van der Waals surface area contributed by atoms with Crippen LogP contribution in [0.3, 0.4) is 0 Å². The van der Waals surface area contributed by atoms with Crippen LogP contribution < -0.4 is 10.3 Å². The topological polar surface area (TPSA) is 78.8 Å². The number of nitriles is 1. The molecule has 2 aromatic carbocycles. The molecule has 0 unspecified atom stereocenters. The van der Waals surface area contributed by atoms with Gasteiger partial charge in [-0.1, -0.05) is 30.7 Å². The standard InChI is InChI=1S/C20H15ClFN3O2/c1-2-13-3-4-14(9-16-5-6-18(26)25-24-16)19(22)20(13)27-17-8-12(11-23)7-15(21)10-17/h3-8,10H,2,9H2,1H3,(H,25,26). The molecule has 0 spiro atoms. The van der Waals surface area contributed by atoms with Gasteiger partial charge in [-0.25, -0.2) is 9.49 Å². The van der Waals surface area contributed by atoms with Gasteiger partial charge in [0.05, 0.1) is 17.3 Å². The third-order valence-electron chi connectivity index (χ3n) is 3.97. The van der Waals surface area contributed by atoms with Gasteiger partial charge in [0.25, 0.3) is 5.56 Å². The van der Waals surface area contributed by atoms with Crippen LogP contribution in [0.4, 0.5) is 4.39 Å². The third kappa shape index (κ3) is 4.33. The first kappa shape index (κ1) is 18.6. The van der Waals surface area contributed by atoms with Crippen molar-refractivity contribution in [3.63, 3.8) is 0 Å². The number of hydrogen-bond acceptors (Lipinski definition) is 4. The Labute approximate surface area is 160 Å². The quantitative estimate of drug-likeness (QED) is 0.709. The van der Waals surface area contributed by atoms with Gasteiger partial charge in [-0.2, -0.15) is 10.4 Å². The van der Waals surface area contributed by atoms with Gasteiger partial charge in [0.1, 0.15) is 5.75 Å². The number of ether oxygens (including phenoxy) is 1. The smallest absolute Gasteiger partial charge is 0.264 e. The first-order chi connectivity index (χ1) is 13.0. The van der Waals surface area contributed by atoms with E-state index in [1.54, 1.807) is 18.2 Å². The summed E-state index contributed by atoms with van der Waals surface area (Å²) in [7, 11) is 0. The molecule has 1 heterocycles. The summed E-state index contributed by atoms with van der Waals surface area (Å²) in [4.78, 5) is 11.1. The van der Waals surface area contributed by atoms with E-state index in [0.717, 1.165) is 0 Å². The second kappa shape index (κ2) is 8.02. The predicted octanol–water partition coefficient (Wildman–Crippen LogP) is 4.38. The lowest BCUT2D eigenvalue weighted by Crippen LogP contribution is -2.08. The van der Waals surface area contributed by atoms with Crippen LogP contribution >= 0.6 is 11.6 Å². The van der Waals surface area contributed by atoms with Gasteiger partial charge in [0.2, 0.25) is 0 Å². The van der Waals surface area contributed by atoms with Gasteiger partial charge in [0.15, 0.2) is 11.6 Å². The Morgan fingerprint density at radius 3 is 2.67 bits per heavy atom. The van der Waals surface area contributed by atoms with Crippen molar-refractivity contribution in [2.75, 3.05) is 0 Å². The SMILES string of the molecule is CCc1ccc(Cc2ccc(=O)[nH]n2)c(F)c1Oc1cc(Cl)cc(C#N)c1. The molecule has 0 atom stereocenters. The summed E-state index contributed by atoms with van der Waals surface area (Å²) in [5, 5.41) is 15.6. The fraction of sp³-hybridized carbons (Fsp3) is 0.150. The monoisotopic (exact) mass is 383 g/mol. The summed E-state index contributed by atoms with van der Waals surface area (Å²) >= 11 is 6.00. The molecule has 27 heavy (non-hydrogen) atoms. The molecule has 0 saturated heterocycles. The lowest BCUT2D eigenvalue weighted by atomic mass is 10.0. The van der Waals surface area contributed by atoms with Crippen LogP contribution in [0.2, 0.25) is 5.02 Å². The van der Waals surface area contributed by atoms with Crippen LogP contribution in [0, 0.1) is 17.1 Å². The van der Waals surface area contributed by atoms with E-state index >= 15 is 4.39 Å². The number of benzene rings is 2. The van der Waals surface area contributed by atoms with Gasteiger partial charge >= 0.3 is 0 Å². The maximum absolute atomic E-state index is 15.1. The first-order valence-corrected chi connectivity index (χ1v) is 8.61. The van der Waals surface area contributed by atoms with Crippen LogP contribution in [0.25, 0.3) is 0 Å². The molecule has 3 rings (SSSR count). The molecule has 0 aliphatic heterocycles. The lowest BCUT2D eigenvalue weighted by Gasteiger charge is -2.14. The van der Waals surface area contributed by atoms with Gasteiger partial charge in [0, 0.05) is 17.5 Å². The Kier molecular flexibility index (Phi) is 5.53. The van der Waals surface area contributed by atoms with Crippen molar-refractivity contribution in [2.24, 2.45) is 0 Å². The summed E-state index contributed by atoms with van der Waals surface area (Å²) in [5.41, 5.74) is 1.59. The number of hydrogen-bond donors (Lipinski definition) is 1. The first-order valence-electron chi connectivity index (χ1n) is 8.23. The highest BCUT2D eigenvalue weighted by Crippen LogP contribution is 2.33. The highest BCUT2D eigenvalue weighted by Gasteiger charge is 2.16. The lowest BCUT2D eigenvalue weighted by molar-refractivity contribution is 0.433. The molecule has 0 radical (unpaired) electrons. The number of aromatic nitrogens is 2. The van der Waals surface area contributed by atoms with Gasteiger partial charge < -0.3 is 4.74 Å². The van der Waals surface area contributed by atoms with Crippen molar-refractivity contribution in [1.29, 1.82) is 5.26 Å². The Morgan fingerprint density at radius 2 is 2.00 bits per heavy atom. The molecule has 0 bridgehead atoms. The minimum Gasteiger partial charge on any atom is -0.454 e. The highest BCUT2D eigenvalue weighted by atomic mass is 35.5.